The minimum absolute atomic E-state index is 0.237. The van der Waals surface area contributed by atoms with E-state index < -0.39 is 0 Å². The van der Waals surface area contributed by atoms with E-state index in [0.717, 1.165) is 34.0 Å². The zero-order chi connectivity index (χ0) is 22.3. The highest BCUT2D eigenvalue weighted by Crippen LogP contribution is 2.20. The van der Waals surface area contributed by atoms with Crippen LogP contribution in [0.2, 0.25) is 0 Å². The van der Waals surface area contributed by atoms with Crippen molar-refractivity contribution in [1.82, 2.24) is 9.99 Å². The van der Waals surface area contributed by atoms with Crippen LogP contribution in [-0.4, -0.2) is 16.7 Å². The van der Waals surface area contributed by atoms with Crippen LogP contribution in [0, 0.1) is 13.8 Å². The first-order chi connectivity index (χ1) is 15.6. The third-order valence-corrected chi connectivity index (χ3v) is 5.20. The number of carbonyl (C=O) groups excluding carboxylic acids is 1. The van der Waals surface area contributed by atoms with E-state index in [1.165, 1.54) is 0 Å². The van der Waals surface area contributed by atoms with Crippen molar-refractivity contribution < 1.29 is 9.53 Å². The average molecular weight is 424 g/mol. The molecule has 1 amide bonds. The van der Waals surface area contributed by atoms with E-state index in [9.17, 15) is 4.79 Å². The Balaban J connectivity index is 1.36. The Morgan fingerprint density at radius 1 is 0.938 bits per heavy atom. The van der Waals surface area contributed by atoms with Gasteiger partial charge in [0.15, 0.2) is 0 Å². The SMILES string of the molecule is Cc1cc(C(=O)N/N=C\c2ccc(OCc3ccccc3)cc2)c(C)n1-c1ccccc1. The van der Waals surface area contributed by atoms with Crippen LogP contribution >= 0.6 is 0 Å². The molecular weight excluding hydrogens is 398 g/mol. The van der Waals surface area contributed by atoms with Gasteiger partial charge in [0.05, 0.1) is 11.8 Å². The minimum Gasteiger partial charge on any atom is -0.489 e. The summed E-state index contributed by atoms with van der Waals surface area (Å²) in [6, 6.07) is 29.5. The molecule has 1 heterocycles. The number of hydrazone groups is 1. The lowest BCUT2D eigenvalue weighted by atomic mass is 10.2. The molecule has 3 aromatic carbocycles. The molecule has 0 atom stereocenters. The number of aryl methyl sites for hydroxylation is 1. The van der Waals surface area contributed by atoms with E-state index in [0.29, 0.717) is 12.2 Å². The molecule has 5 heteroatoms. The minimum atomic E-state index is -0.237. The fraction of sp³-hybridized carbons (Fsp3) is 0.111. The number of hydrogen-bond donors (Lipinski definition) is 1. The van der Waals surface area contributed by atoms with Gasteiger partial charge in [0.2, 0.25) is 0 Å². The summed E-state index contributed by atoms with van der Waals surface area (Å²) in [6.07, 6.45) is 1.62. The Bertz CT molecular complexity index is 1210. The van der Waals surface area contributed by atoms with Crippen LogP contribution in [0.15, 0.2) is 96.1 Å². The van der Waals surface area contributed by atoms with Gasteiger partial charge in [-0.2, -0.15) is 5.10 Å². The monoisotopic (exact) mass is 423 g/mol. The van der Waals surface area contributed by atoms with Crippen molar-refractivity contribution in [3.05, 3.63) is 119 Å². The normalized spacial score (nSPS) is 10.9. The molecule has 0 spiro atoms. The van der Waals surface area contributed by atoms with Gasteiger partial charge in [-0.1, -0.05) is 48.5 Å². The predicted molar refractivity (Wildman–Crippen MR) is 128 cm³/mol. The van der Waals surface area contributed by atoms with E-state index in [1.54, 1.807) is 6.21 Å². The lowest BCUT2D eigenvalue weighted by Crippen LogP contribution is -2.18. The lowest BCUT2D eigenvalue weighted by Gasteiger charge is -2.09. The van der Waals surface area contributed by atoms with Crippen LogP contribution in [-0.2, 0) is 6.61 Å². The van der Waals surface area contributed by atoms with E-state index in [4.69, 9.17) is 4.74 Å². The highest BCUT2D eigenvalue weighted by Gasteiger charge is 2.16. The zero-order valence-electron chi connectivity index (χ0n) is 18.2. The van der Waals surface area contributed by atoms with Gasteiger partial charge in [0.25, 0.3) is 5.91 Å². The third-order valence-electron chi connectivity index (χ3n) is 5.20. The van der Waals surface area contributed by atoms with Crippen molar-refractivity contribution in [1.29, 1.82) is 0 Å². The highest BCUT2D eigenvalue weighted by atomic mass is 16.5. The molecule has 0 aliphatic heterocycles. The van der Waals surface area contributed by atoms with Crippen molar-refractivity contribution in [3.63, 3.8) is 0 Å². The molecule has 1 N–H and O–H groups in total. The molecule has 0 saturated heterocycles. The van der Waals surface area contributed by atoms with Crippen LogP contribution in [0.1, 0.15) is 32.9 Å². The summed E-state index contributed by atoms with van der Waals surface area (Å²) in [7, 11) is 0. The number of ether oxygens (including phenoxy) is 1. The van der Waals surface area contributed by atoms with Crippen LogP contribution in [0.25, 0.3) is 5.69 Å². The fourth-order valence-electron chi connectivity index (χ4n) is 3.58. The molecule has 160 valence electrons. The maximum Gasteiger partial charge on any atom is 0.273 e. The van der Waals surface area contributed by atoms with Crippen molar-refractivity contribution >= 4 is 12.1 Å². The summed E-state index contributed by atoms with van der Waals surface area (Å²) in [5.74, 6) is 0.544. The Morgan fingerprint density at radius 3 is 2.28 bits per heavy atom. The Hall–Kier alpha value is -4.12. The van der Waals surface area contributed by atoms with Gasteiger partial charge >= 0.3 is 0 Å². The number of rotatable bonds is 7. The fourth-order valence-corrected chi connectivity index (χ4v) is 3.58. The molecule has 32 heavy (non-hydrogen) atoms. The smallest absolute Gasteiger partial charge is 0.273 e. The maximum atomic E-state index is 12.7. The topological polar surface area (TPSA) is 55.6 Å². The highest BCUT2D eigenvalue weighted by molar-refractivity contribution is 5.96. The average Bonchev–Trinajstić information content (AvgIpc) is 3.13. The second kappa shape index (κ2) is 9.79. The van der Waals surface area contributed by atoms with Gasteiger partial charge in [0, 0.05) is 17.1 Å². The second-order valence-corrected chi connectivity index (χ2v) is 7.50. The van der Waals surface area contributed by atoms with E-state index in [-0.39, 0.29) is 5.91 Å². The molecule has 0 unspecified atom stereocenters. The molecule has 4 aromatic rings. The Kier molecular flexibility index (Phi) is 6.46. The molecule has 0 saturated carbocycles. The first kappa shape index (κ1) is 21.1. The van der Waals surface area contributed by atoms with Gasteiger partial charge in [-0.15, -0.1) is 0 Å². The van der Waals surface area contributed by atoms with Crippen LogP contribution in [0.4, 0.5) is 0 Å². The van der Waals surface area contributed by atoms with Gasteiger partial charge in [-0.25, -0.2) is 5.43 Å². The maximum absolute atomic E-state index is 12.7. The van der Waals surface area contributed by atoms with Gasteiger partial charge < -0.3 is 9.30 Å². The van der Waals surface area contributed by atoms with Crippen LogP contribution < -0.4 is 10.2 Å². The summed E-state index contributed by atoms with van der Waals surface area (Å²) in [4.78, 5) is 12.7. The number of nitrogens with zero attached hydrogens (tertiary/aromatic N) is 2. The molecule has 4 rings (SSSR count). The number of benzene rings is 3. The molecule has 1 aromatic heterocycles. The van der Waals surface area contributed by atoms with E-state index in [2.05, 4.69) is 15.1 Å². The molecule has 0 radical (unpaired) electrons. The van der Waals surface area contributed by atoms with Crippen LogP contribution in [0.5, 0.6) is 5.75 Å². The standard InChI is InChI=1S/C27H25N3O2/c1-20-17-26(21(2)30(20)24-11-7-4-8-12-24)27(31)29-28-18-22-13-15-25(16-14-22)32-19-23-9-5-3-6-10-23/h3-18H,19H2,1-2H3,(H,29,31)/b28-18-. The predicted octanol–water partition coefficient (Wildman–Crippen LogP) is 5.44. The summed E-state index contributed by atoms with van der Waals surface area (Å²) < 4.78 is 7.86. The quantitative estimate of drug-likeness (QED) is 0.318. The largest absolute Gasteiger partial charge is 0.489 e. The number of aromatic nitrogens is 1. The van der Waals surface area contributed by atoms with Crippen LogP contribution in [0.3, 0.4) is 0 Å². The van der Waals surface area contributed by atoms with Crippen molar-refractivity contribution in [2.24, 2.45) is 5.10 Å². The Morgan fingerprint density at radius 2 is 1.59 bits per heavy atom. The Labute approximate surface area is 188 Å². The molecular formula is C27H25N3O2. The first-order valence-electron chi connectivity index (χ1n) is 10.5. The number of amides is 1. The summed E-state index contributed by atoms with van der Waals surface area (Å²) >= 11 is 0. The molecule has 0 aliphatic carbocycles. The number of carbonyl (C=O) groups is 1. The summed E-state index contributed by atoms with van der Waals surface area (Å²) in [5, 5.41) is 4.12. The van der Waals surface area contributed by atoms with Crippen molar-refractivity contribution in [3.8, 4) is 11.4 Å². The third kappa shape index (κ3) is 4.95. The zero-order valence-corrected chi connectivity index (χ0v) is 18.2. The second-order valence-electron chi connectivity index (χ2n) is 7.50. The van der Waals surface area contributed by atoms with E-state index in [1.807, 2.05) is 105 Å². The first-order valence-corrected chi connectivity index (χ1v) is 10.5. The molecule has 0 bridgehead atoms. The van der Waals surface area contributed by atoms with E-state index >= 15 is 0 Å². The van der Waals surface area contributed by atoms with Gasteiger partial charge in [0.1, 0.15) is 12.4 Å². The van der Waals surface area contributed by atoms with Crippen molar-refractivity contribution in [2.45, 2.75) is 20.5 Å². The van der Waals surface area contributed by atoms with Gasteiger partial charge in [-0.05, 0) is 67.4 Å². The summed E-state index contributed by atoms with van der Waals surface area (Å²) in [5.41, 5.74) is 8.12. The molecule has 0 fully saturated rings. The lowest BCUT2D eigenvalue weighted by molar-refractivity contribution is 0.0954. The molecule has 5 nitrogen and oxygen atoms in total. The molecule has 0 aliphatic rings. The number of para-hydroxylation sites is 1. The summed E-state index contributed by atoms with van der Waals surface area (Å²) in [6.45, 7) is 4.44. The van der Waals surface area contributed by atoms with Gasteiger partial charge in [-0.3, -0.25) is 4.79 Å². The number of hydrogen-bond acceptors (Lipinski definition) is 3. The van der Waals surface area contributed by atoms with Crippen molar-refractivity contribution in [2.75, 3.05) is 0 Å². The number of nitrogens with one attached hydrogen (secondary N) is 1.